The van der Waals surface area contributed by atoms with Gasteiger partial charge in [0.25, 0.3) is 0 Å². The smallest absolute Gasteiger partial charge is 0.134 e. The quantitative estimate of drug-likeness (QED) is 0.829. The number of ketones is 1. The number of rotatable bonds is 3. The molecular weight excluding hydrogens is 243 g/mol. The van der Waals surface area contributed by atoms with E-state index >= 15 is 0 Å². The summed E-state index contributed by atoms with van der Waals surface area (Å²) in [6.07, 6.45) is -0.838. The Morgan fingerprint density at radius 2 is 2.00 bits per heavy atom. The predicted octanol–water partition coefficient (Wildman–Crippen LogP) is 2.64. The Bertz CT molecular complexity index is 452. The average Bonchev–Trinajstić information content (AvgIpc) is 2.70. The van der Waals surface area contributed by atoms with Crippen molar-refractivity contribution < 1.29 is 18.0 Å². The van der Waals surface area contributed by atoms with Crippen LogP contribution in [0.1, 0.15) is 18.9 Å². The van der Waals surface area contributed by atoms with Crippen LogP contribution in [0, 0.1) is 11.6 Å². The van der Waals surface area contributed by atoms with Gasteiger partial charge in [-0.1, -0.05) is 0 Å². The van der Waals surface area contributed by atoms with E-state index < -0.39 is 17.8 Å². The van der Waals surface area contributed by atoms with Gasteiger partial charge in [-0.25, -0.2) is 13.2 Å². The van der Waals surface area contributed by atoms with Gasteiger partial charge in [0.05, 0.1) is 0 Å². The molecule has 5 heteroatoms. The number of benzene rings is 1. The third-order valence-electron chi connectivity index (χ3n) is 3.05. The predicted molar refractivity (Wildman–Crippen MR) is 62.5 cm³/mol. The summed E-state index contributed by atoms with van der Waals surface area (Å²) in [5, 5.41) is 0. The number of Topliss-reactive ketones (excluding diaryl/α,β-unsaturated/α-hetero) is 1. The van der Waals surface area contributed by atoms with Crippen LogP contribution in [0.4, 0.5) is 18.9 Å². The van der Waals surface area contributed by atoms with Gasteiger partial charge in [-0.05, 0) is 25.5 Å². The number of anilines is 1. The molecule has 1 aromatic carbocycles. The summed E-state index contributed by atoms with van der Waals surface area (Å²) in [4.78, 5) is 12.5. The van der Waals surface area contributed by atoms with E-state index in [1.54, 1.807) is 4.90 Å². The Morgan fingerprint density at radius 3 is 2.44 bits per heavy atom. The molecule has 1 aliphatic heterocycles. The summed E-state index contributed by atoms with van der Waals surface area (Å²) in [5.74, 6) is -1.80. The molecule has 1 fully saturated rings. The zero-order chi connectivity index (χ0) is 13.3. The highest BCUT2D eigenvalue weighted by molar-refractivity contribution is 5.78. The van der Waals surface area contributed by atoms with Crippen LogP contribution in [0.3, 0.4) is 0 Å². The molecule has 2 nitrogen and oxygen atoms in total. The van der Waals surface area contributed by atoms with Crippen molar-refractivity contribution in [2.75, 3.05) is 18.0 Å². The summed E-state index contributed by atoms with van der Waals surface area (Å²) < 4.78 is 40.5. The molecule has 2 rings (SSSR count). The van der Waals surface area contributed by atoms with E-state index in [4.69, 9.17) is 0 Å². The van der Waals surface area contributed by atoms with Gasteiger partial charge in [-0.15, -0.1) is 0 Å². The van der Waals surface area contributed by atoms with Gasteiger partial charge in [-0.2, -0.15) is 0 Å². The standard InChI is InChI=1S/C13H14F3NO/c1-8(18)4-11-12(15)5-10(6-13(11)16)17-3-2-9(14)7-17/h5-6,9H,2-4,7H2,1H3/t9-/m1/s1. The molecular formula is C13H14F3NO. The van der Waals surface area contributed by atoms with Gasteiger partial charge in [0.2, 0.25) is 0 Å². The largest absolute Gasteiger partial charge is 0.368 e. The Morgan fingerprint density at radius 1 is 1.39 bits per heavy atom. The number of hydrogen-bond donors (Lipinski definition) is 0. The number of hydrogen-bond acceptors (Lipinski definition) is 2. The first-order valence-electron chi connectivity index (χ1n) is 5.83. The molecule has 98 valence electrons. The van der Waals surface area contributed by atoms with E-state index in [9.17, 15) is 18.0 Å². The molecule has 1 aromatic rings. The molecule has 0 bridgehead atoms. The number of carbonyl (C=O) groups excluding carboxylic acids is 1. The van der Waals surface area contributed by atoms with Gasteiger partial charge in [0.15, 0.2) is 0 Å². The summed E-state index contributed by atoms with van der Waals surface area (Å²) in [6.45, 7) is 1.89. The first kappa shape index (κ1) is 12.9. The zero-order valence-corrected chi connectivity index (χ0v) is 10.0. The van der Waals surface area contributed by atoms with Crippen LogP contribution >= 0.6 is 0 Å². The molecule has 18 heavy (non-hydrogen) atoms. The Balaban J connectivity index is 2.27. The molecule has 0 amide bonds. The van der Waals surface area contributed by atoms with Gasteiger partial charge in [0.1, 0.15) is 23.6 Å². The fourth-order valence-electron chi connectivity index (χ4n) is 2.14. The van der Waals surface area contributed by atoms with E-state index in [0.29, 0.717) is 18.7 Å². The minimum absolute atomic E-state index is 0.158. The van der Waals surface area contributed by atoms with Gasteiger partial charge in [-0.3, -0.25) is 4.79 Å². The van der Waals surface area contributed by atoms with Crippen molar-refractivity contribution >= 4 is 11.5 Å². The van der Waals surface area contributed by atoms with Gasteiger partial charge in [0, 0.05) is 30.8 Å². The SMILES string of the molecule is CC(=O)Cc1c(F)cc(N2CC[C@@H](F)C2)cc1F. The van der Waals surface area contributed by atoms with Crippen LogP contribution in [0.2, 0.25) is 0 Å². The topological polar surface area (TPSA) is 20.3 Å². The van der Waals surface area contributed by atoms with E-state index in [-0.39, 0.29) is 24.3 Å². The first-order chi connectivity index (χ1) is 8.47. The molecule has 1 heterocycles. The lowest BCUT2D eigenvalue weighted by atomic mass is 10.1. The highest BCUT2D eigenvalue weighted by atomic mass is 19.1. The normalized spacial score (nSPS) is 19.3. The van der Waals surface area contributed by atoms with Gasteiger partial charge < -0.3 is 4.90 Å². The summed E-state index contributed by atoms with van der Waals surface area (Å²) in [6, 6.07) is 2.33. The van der Waals surface area contributed by atoms with Crippen molar-refractivity contribution in [1.82, 2.24) is 0 Å². The van der Waals surface area contributed by atoms with Crippen molar-refractivity contribution in [3.8, 4) is 0 Å². The third kappa shape index (κ3) is 2.66. The molecule has 0 N–H and O–H groups in total. The maximum Gasteiger partial charge on any atom is 0.134 e. The lowest BCUT2D eigenvalue weighted by molar-refractivity contribution is -0.116. The lowest BCUT2D eigenvalue weighted by Crippen LogP contribution is -2.20. The molecule has 0 unspecified atom stereocenters. The van der Waals surface area contributed by atoms with Gasteiger partial charge >= 0.3 is 0 Å². The third-order valence-corrected chi connectivity index (χ3v) is 3.05. The number of nitrogens with zero attached hydrogens (tertiary/aromatic N) is 1. The minimum Gasteiger partial charge on any atom is -0.368 e. The minimum atomic E-state index is -0.951. The maximum absolute atomic E-state index is 13.7. The molecule has 1 atom stereocenters. The second-order valence-electron chi connectivity index (χ2n) is 4.60. The van der Waals surface area contributed by atoms with Crippen LogP contribution in [0.5, 0.6) is 0 Å². The highest BCUT2D eigenvalue weighted by Gasteiger charge is 2.24. The summed E-state index contributed by atoms with van der Waals surface area (Å²) in [7, 11) is 0. The molecule has 0 aliphatic carbocycles. The fraction of sp³-hybridized carbons (Fsp3) is 0.462. The van der Waals surface area contributed by atoms with Crippen LogP contribution in [0.15, 0.2) is 12.1 Å². The number of carbonyl (C=O) groups is 1. The molecule has 0 spiro atoms. The van der Waals surface area contributed by atoms with Crippen molar-refractivity contribution in [1.29, 1.82) is 0 Å². The molecule has 0 saturated carbocycles. The lowest BCUT2D eigenvalue weighted by Gasteiger charge is -2.18. The highest BCUT2D eigenvalue weighted by Crippen LogP contribution is 2.26. The van der Waals surface area contributed by atoms with Crippen LogP contribution in [0.25, 0.3) is 0 Å². The van der Waals surface area contributed by atoms with E-state index in [1.807, 2.05) is 0 Å². The van der Waals surface area contributed by atoms with E-state index in [0.717, 1.165) is 0 Å². The van der Waals surface area contributed by atoms with E-state index in [2.05, 4.69) is 0 Å². The fourth-order valence-corrected chi connectivity index (χ4v) is 2.14. The van der Waals surface area contributed by atoms with Crippen molar-refractivity contribution in [2.45, 2.75) is 25.9 Å². The molecule has 0 radical (unpaired) electrons. The van der Waals surface area contributed by atoms with Crippen molar-refractivity contribution in [3.63, 3.8) is 0 Å². The second kappa shape index (κ2) is 5.00. The Kier molecular flexibility index (Phi) is 3.59. The average molecular weight is 257 g/mol. The number of alkyl halides is 1. The van der Waals surface area contributed by atoms with E-state index in [1.165, 1.54) is 19.1 Å². The second-order valence-corrected chi connectivity index (χ2v) is 4.60. The maximum atomic E-state index is 13.7. The van der Waals surface area contributed by atoms with Crippen LogP contribution < -0.4 is 4.90 Å². The molecule has 1 aliphatic rings. The Hall–Kier alpha value is -1.52. The first-order valence-corrected chi connectivity index (χ1v) is 5.83. The molecule has 0 aromatic heterocycles. The monoisotopic (exact) mass is 257 g/mol. The van der Waals surface area contributed by atoms with Crippen molar-refractivity contribution in [2.24, 2.45) is 0 Å². The zero-order valence-electron chi connectivity index (χ0n) is 10.0. The Labute approximate surface area is 103 Å². The van der Waals surface area contributed by atoms with Crippen LogP contribution in [-0.4, -0.2) is 25.0 Å². The molecule has 1 saturated heterocycles. The summed E-state index contributed by atoms with van der Waals surface area (Å²) >= 11 is 0. The summed E-state index contributed by atoms with van der Waals surface area (Å²) in [5.41, 5.74) is 0.111. The number of halogens is 3. The van der Waals surface area contributed by atoms with Crippen LogP contribution in [-0.2, 0) is 11.2 Å². The van der Waals surface area contributed by atoms with Crippen molar-refractivity contribution in [3.05, 3.63) is 29.3 Å².